The molecular formula is C32H20F8O. The van der Waals surface area contributed by atoms with E-state index in [1.165, 1.54) is 18.2 Å². The SMILES string of the molecule is Fc1cc(OC(F)(F)c2ccc(-c3ccc([C@@]45C=CC(CC4)C5)c(F)c3F)cc2)ccc1-c1cc(F)c(F)c(F)c1. The highest BCUT2D eigenvalue weighted by Gasteiger charge is 2.44. The molecule has 9 heteroatoms. The van der Waals surface area contributed by atoms with E-state index in [2.05, 4.69) is 0 Å². The van der Waals surface area contributed by atoms with Crippen LogP contribution in [-0.2, 0) is 11.5 Å². The summed E-state index contributed by atoms with van der Waals surface area (Å²) in [7, 11) is 0. The quantitative estimate of drug-likeness (QED) is 0.127. The van der Waals surface area contributed by atoms with Crippen molar-refractivity contribution < 1.29 is 39.9 Å². The summed E-state index contributed by atoms with van der Waals surface area (Å²) in [5.41, 5.74) is -1.47. The lowest BCUT2D eigenvalue weighted by Gasteiger charge is -2.25. The van der Waals surface area contributed by atoms with Crippen molar-refractivity contribution in [3.05, 3.63) is 125 Å². The van der Waals surface area contributed by atoms with Crippen LogP contribution in [0, 0.1) is 40.8 Å². The third kappa shape index (κ3) is 4.67. The third-order valence-corrected chi connectivity index (χ3v) is 7.91. The van der Waals surface area contributed by atoms with Crippen molar-refractivity contribution in [3.8, 4) is 28.0 Å². The number of hydrogen-bond donors (Lipinski definition) is 0. The van der Waals surface area contributed by atoms with E-state index >= 15 is 8.78 Å². The average Bonchev–Trinajstić information content (AvgIpc) is 3.55. The van der Waals surface area contributed by atoms with Crippen molar-refractivity contribution in [1.29, 1.82) is 0 Å². The van der Waals surface area contributed by atoms with Crippen LogP contribution in [-0.4, -0.2) is 0 Å². The zero-order valence-electron chi connectivity index (χ0n) is 21.1. The second kappa shape index (κ2) is 9.75. The summed E-state index contributed by atoms with van der Waals surface area (Å²) in [4.78, 5) is 0. The topological polar surface area (TPSA) is 9.23 Å². The van der Waals surface area contributed by atoms with Gasteiger partial charge in [-0.3, -0.25) is 0 Å². The molecule has 0 N–H and O–H groups in total. The van der Waals surface area contributed by atoms with Gasteiger partial charge in [0.1, 0.15) is 11.6 Å². The van der Waals surface area contributed by atoms with E-state index < -0.39 is 57.7 Å². The van der Waals surface area contributed by atoms with Gasteiger partial charge in [-0.1, -0.05) is 36.4 Å². The highest BCUT2D eigenvalue weighted by molar-refractivity contribution is 5.67. The van der Waals surface area contributed by atoms with Gasteiger partial charge in [0.25, 0.3) is 0 Å². The molecule has 2 aliphatic carbocycles. The Balaban J connectivity index is 1.22. The van der Waals surface area contributed by atoms with E-state index in [9.17, 15) is 26.3 Å². The number of rotatable bonds is 6. The fraction of sp³-hybridized carbons (Fsp3) is 0.188. The Bertz CT molecular complexity index is 1670. The van der Waals surface area contributed by atoms with Crippen LogP contribution < -0.4 is 4.74 Å². The molecule has 1 unspecified atom stereocenters. The molecule has 0 aromatic heterocycles. The van der Waals surface area contributed by atoms with Gasteiger partial charge in [-0.2, -0.15) is 8.78 Å². The second-order valence-electron chi connectivity index (χ2n) is 10.4. The van der Waals surface area contributed by atoms with Gasteiger partial charge in [-0.05, 0) is 72.7 Å². The molecule has 4 aromatic rings. The van der Waals surface area contributed by atoms with Crippen LogP contribution in [0.5, 0.6) is 5.75 Å². The van der Waals surface area contributed by atoms with Crippen LogP contribution >= 0.6 is 0 Å². The van der Waals surface area contributed by atoms with Gasteiger partial charge in [0.2, 0.25) is 0 Å². The minimum Gasteiger partial charge on any atom is -0.429 e. The summed E-state index contributed by atoms with van der Waals surface area (Å²) in [6.07, 6.45) is 2.42. The molecule has 0 heterocycles. The summed E-state index contributed by atoms with van der Waals surface area (Å²) < 4.78 is 120. The van der Waals surface area contributed by atoms with Crippen LogP contribution in [0.2, 0.25) is 0 Å². The molecule has 0 amide bonds. The number of hydrogen-bond acceptors (Lipinski definition) is 1. The molecular weight excluding hydrogens is 552 g/mol. The highest BCUT2D eigenvalue weighted by atomic mass is 19.3. The molecule has 0 radical (unpaired) electrons. The zero-order valence-corrected chi connectivity index (χ0v) is 21.1. The molecule has 6 rings (SSSR count). The van der Waals surface area contributed by atoms with Crippen LogP contribution in [0.1, 0.15) is 30.4 Å². The summed E-state index contributed by atoms with van der Waals surface area (Å²) in [5.74, 6) is -8.18. The Hall–Kier alpha value is -4.14. The van der Waals surface area contributed by atoms with E-state index in [4.69, 9.17) is 4.74 Å². The average molecular weight is 572 g/mol. The third-order valence-electron chi connectivity index (χ3n) is 7.91. The number of alkyl halides is 2. The molecule has 0 saturated heterocycles. The van der Waals surface area contributed by atoms with Gasteiger partial charge in [-0.25, -0.2) is 26.3 Å². The van der Waals surface area contributed by atoms with Crippen molar-refractivity contribution in [2.45, 2.75) is 30.8 Å². The summed E-state index contributed by atoms with van der Waals surface area (Å²) in [5, 5.41) is 0. The molecule has 1 fully saturated rings. The Labute approximate surface area is 229 Å². The molecule has 41 heavy (non-hydrogen) atoms. The van der Waals surface area contributed by atoms with Gasteiger partial charge < -0.3 is 4.74 Å². The molecule has 210 valence electrons. The minimum absolute atomic E-state index is 0.0821. The summed E-state index contributed by atoms with van der Waals surface area (Å²) in [6, 6.07) is 11.0. The van der Waals surface area contributed by atoms with E-state index in [0.29, 0.717) is 29.7 Å². The number of allylic oxidation sites excluding steroid dienone is 2. The molecule has 1 saturated carbocycles. The van der Waals surface area contributed by atoms with E-state index in [0.717, 1.165) is 43.5 Å². The van der Waals surface area contributed by atoms with Crippen LogP contribution in [0.25, 0.3) is 22.3 Å². The maximum atomic E-state index is 15.2. The lowest BCUT2D eigenvalue weighted by Crippen LogP contribution is -2.22. The molecule has 1 nitrogen and oxygen atoms in total. The van der Waals surface area contributed by atoms with Gasteiger partial charge in [0, 0.05) is 28.2 Å². The molecule has 0 aliphatic heterocycles. The fourth-order valence-electron chi connectivity index (χ4n) is 5.80. The second-order valence-corrected chi connectivity index (χ2v) is 10.4. The van der Waals surface area contributed by atoms with Gasteiger partial charge in [-0.15, -0.1) is 0 Å². The first kappa shape index (κ1) is 27.1. The van der Waals surface area contributed by atoms with Crippen molar-refractivity contribution in [2.24, 2.45) is 5.92 Å². The first-order valence-electron chi connectivity index (χ1n) is 12.8. The summed E-state index contributed by atoms with van der Waals surface area (Å²) >= 11 is 0. The zero-order chi connectivity index (χ0) is 29.1. The first-order valence-corrected chi connectivity index (χ1v) is 12.8. The van der Waals surface area contributed by atoms with Gasteiger partial charge in [0.05, 0.1) is 5.56 Å². The predicted octanol–water partition coefficient (Wildman–Crippen LogP) is 9.59. The van der Waals surface area contributed by atoms with Crippen molar-refractivity contribution in [1.82, 2.24) is 0 Å². The van der Waals surface area contributed by atoms with E-state index in [1.54, 1.807) is 6.07 Å². The molecule has 2 atom stereocenters. The lowest BCUT2D eigenvalue weighted by molar-refractivity contribution is -0.185. The lowest BCUT2D eigenvalue weighted by atomic mass is 9.79. The van der Waals surface area contributed by atoms with E-state index in [-0.39, 0.29) is 22.3 Å². The number of benzene rings is 4. The maximum absolute atomic E-state index is 15.2. The fourth-order valence-corrected chi connectivity index (χ4v) is 5.80. The van der Waals surface area contributed by atoms with Crippen molar-refractivity contribution in [2.75, 3.05) is 0 Å². The first-order chi connectivity index (χ1) is 19.5. The monoisotopic (exact) mass is 572 g/mol. The predicted molar refractivity (Wildman–Crippen MR) is 136 cm³/mol. The maximum Gasteiger partial charge on any atom is 0.426 e. The van der Waals surface area contributed by atoms with Crippen molar-refractivity contribution >= 4 is 0 Å². The summed E-state index contributed by atoms with van der Waals surface area (Å²) in [6.45, 7) is 0. The van der Waals surface area contributed by atoms with Crippen LogP contribution in [0.15, 0.2) is 78.9 Å². The highest BCUT2D eigenvalue weighted by Crippen LogP contribution is 2.52. The van der Waals surface area contributed by atoms with E-state index in [1.807, 2.05) is 12.2 Å². The van der Waals surface area contributed by atoms with Gasteiger partial charge >= 0.3 is 6.11 Å². The normalized spacial score (nSPS) is 19.7. The smallest absolute Gasteiger partial charge is 0.426 e. The van der Waals surface area contributed by atoms with Crippen molar-refractivity contribution in [3.63, 3.8) is 0 Å². The molecule has 0 spiro atoms. The number of halogens is 8. The van der Waals surface area contributed by atoms with Crippen LogP contribution in [0.3, 0.4) is 0 Å². The number of ether oxygens (including phenoxy) is 1. The molecule has 4 aromatic carbocycles. The minimum atomic E-state index is -3.96. The molecule has 2 aliphatic rings. The Kier molecular flexibility index (Phi) is 6.43. The Morgan fingerprint density at radius 3 is 1.95 bits per heavy atom. The Morgan fingerprint density at radius 2 is 1.37 bits per heavy atom. The van der Waals surface area contributed by atoms with Crippen LogP contribution in [0.4, 0.5) is 35.1 Å². The van der Waals surface area contributed by atoms with Gasteiger partial charge in [0.15, 0.2) is 29.1 Å². The molecule has 2 bridgehead atoms. The largest absolute Gasteiger partial charge is 0.429 e. The number of fused-ring (bicyclic) bond motifs is 2. The Morgan fingerprint density at radius 1 is 0.683 bits per heavy atom. The standard InChI is InChI=1S/C32H20F8O/c33-25-15-21(5-6-22(25)19-13-26(34)30(38)27(35)14-19)41-32(39,40)20-3-1-18(2-4-20)23-7-8-24(29(37)28(23)36)31-11-9-17(16-31)10-12-31/h1-9,11,13-15,17H,10,12,16H2/t17?,31-/m0/s1.